The van der Waals surface area contributed by atoms with E-state index in [1.165, 1.54) is 19.4 Å². The Hall–Kier alpha value is -4.25. The summed E-state index contributed by atoms with van der Waals surface area (Å²) in [5, 5.41) is 14.5. The van der Waals surface area contributed by atoms with E-state index in [9.17, 15) is 9.59 Å². The summed E-state index contributed by atoms with van der Waals surface area (Å²) >= 11 is 0. The lowest BCUT2D eigenvalue weighted by molar-refractivity contribution is 0.0601. The molecule has 0 aliphatic carbocycles. The van der Waals surface area contributed by atoms with Crippen molar-refractivity contribution in [2.75, 3.05) is 17.7 Å². The van der Waals surface area contributed by atoms with Crippen molar-refractivity contribution in [2.45, 2.75) is 0 Å². The summed E-state index contributed by atoms with van der Waals surface area (Å²) in [5.74, 6) is -0.814. The van der Waals surface area contributed by atoms with Crippen LogP contribution in [0.3, 0.4) is 0 Å². The van der Waals surface area contributed by atoms with Crippen LogP contribution in [-0.4, -0.2) is 29.0 Å². The number of carbonyl (C=O) groups excluding carboxylic acids is 2. The predicted octanol–water partition coefficient (Wildman–Crippen LogP) is 3.13. The molecule has 28 heavy (non-hydrogen) atoms. The maximum absolute atomic E-state index is 12.5. The molecule has 3 rings (SSSR count). The molecule has 1 aromatic heterocycles. The zero-order chi connectivity index (χ0) is 19.9. The second kappa shape index (κ2) is 8.42. The first-order valence-electron chi connectivity index (χ1n) is 8.19. The molecule has 2 N–H and O–H groups in total. The van der Waals surface area contributed by atoms with Crippen LogP contribution in [0.25, 0.3) is 0 Å². The number of benzene rings is 2. The molecule has 3 aromatic rings. The largest absolute Gasteiger partial charge is 0.465 e. The summed E-state index contributed by atoms with van der Waals surface area (Å²) in [6.07, 6.45) is 1.43. The SMILES string of the molecule is COC(=O)c1ccccc1Nc1nccc(C(=O)Nc2cccc(C#N)c2)n1. The van der Waals surface area contributed by atoms with Gasteiger partial charge in [-0.3, -0.25) is 4.79 Å². The van der Waals surface area contributed by atoms with Gasteiger partial charge in [0.05, 0.1) is 30.0 Å². The Morgan fingerprint density at radius 2 is 1.93 bits per heavy atom. The Balaban J connectivity index is 1.80. The first-order valence-corrected chi connectivity index (χ1v) is 8.19. The van der Waals surface area contributed by atoms with Gasteiger partial charge in [-0.1, -0.05) is 18.2 Å². The van der Waals surface area contributed by atoms with Crippen molar-refractivity contribution in [3.8, 4) is 6.07 Å². The summed E-state index contributed by atoms with van der Waals surface area (Å²) in [6, 6.07) is 16.7. The fourth-order valence-corrected chi connectivity index (χ4v) is 2.41. The van der Waals surface area contributed by atoms with Crippen molar-refractivity contribution < 1.29 is 14.3 Å². The first-order chi connectivity index (χ1) is 13.6. The highest BCUT2D eigenvalue weighted by atomic mass is 16.5. The van der Waals surface area contributed by atoms with E-state index in [4.69, 9.17) is 10.00 Å². The lowest BCUT2D eigenvalue weighted by Crippen LogP contribution is -2.15. The van der Waals surface area contributed by atoms with E-state index in [1.54, 1.807) is 48.5 Å². The highest BCUT2D eigenvalue weighted by molar-refractivity contribution is 6.03. The zero-order valence-corrected chi connectivity index (χ0v) is 14.8. The van der Waals surface area contributed by atoms with Gasteiger partial charge in [-0.15, -0.1) is 0 Å². The van der Waals surface area contributed by atoms with E-state index < -0.39 is 11.9 Å². The van der Waals surface area contributed by atoms with Gasteiger partial charge in [0.15, 0.2) is 0 Å². The zero-order valence-electron chi connectivity index (χ0n) is 14.8. The normalized spacial score (nSPS) is 9.86. The molecule has 1 amide bonds. The molecule has 0 aliphatic heterocycles. The van der Waals surface area contributed by atoms with Gasteiger partial charge in [0.1, 0.15) is 5.69 Å². The number of nitriles is 1. The van der Waals surface area contributed by atoms with Gasteiger partial charge in [0, 0.05) is 11.9 Å². The number of esters is 1. The molecule has 0 spiro atoms. The van der Waals surface area contributed by atoms with Crippen LogP contribution >= 0.6 is 0 Å². The number of carbonyl (C=O) groups is 2. The molecule has 2 aromatic carbocycles. The average molecular weight is 373 g/mol. The topological polar surface area (TPSA) is 117 Å². The molecule has 0 bridgehead atoms. The van der Waals surface area contributed by atoms with Crippen LogP contribution in [0.5, 0.6) is 0 Å². The molecule has 138 valence electrons. The van der Waals surface area contributed by atoms with E-state index in [0.717, 1.165) is 0 Å². The lowest BCUT2D eigenvalue weighted by atomic mass is 10.2. The first kappa shape index (κ1) is 18.5. The molecule has 0 saturated heterocycles. The van der Waals surface area contributed by atoms with Crippen LogP contribution in [0.2, 0.25) is 0 Å². The van der Waals surface area contributed by atoms with E-state index in [0.29, 0.717) is 22.5 Å². The number of methoxy groups -OCH3 is 1. The van der Waals surface area contributed by atoms with Crippen molar-refractivity contribution in [1.29, 1.82) is 5.26 Å². The number of amides is 1. The predicted molar refractivity (Wildman–Crippen MR) is 102 cm³/mol. The van der Waals surface area contributed by atoms with Gasteiger partial charge >= 0.3 is 5.97 Å². The Labute approximate surface area is 160 Å². The fraction of sp³-hybridized carbons (Fsp3) is 0.0500. The number of ether oxygens (including phenoxy) is 1. The molecule has 0 saturated carbocycles. The third-order valence-electron chi connectivity index (χ3n) is 3.72. The monoisotopic (exact) mass is 373 g/mol. The Bertz CT molecular complexity index is 1080. The number of hydrogen-bond donors (Lipinski definition) is 2. The molecule has 1 heterocycles. The maximum Gasteiger partial charge on any atom is 0.339 e. The summed E-state index contributed by atoms with van der Waals surface area (Å²) < 4.78 is 4.76. The maximum atomic E-state index is 12.5. The van der Waals surface area contributed by atoms with E-state index in [-0.39, 0.29) is 11.6 Å². The van der Waals surface area contributed by atoms with E-state index in [2.05, 4.69) is 20.6 Å². The van der Waals surface area contributed by atoms with Crippen molar-refractivity contribution in [3.63, 3.8) is 0 Å². The van der Waals surface area contributed by atoms with Crippen LogP contribution in [-0.2, 0) is 4.74 Å². The minimum Gasteiger partial charge on any atom is -0.465 e. The number of hydrogen-bond acceptors (Lipinski definition) is 7. The van der Waals surface area contributed by atoms with Crippen molar-refractivity contribution >= 4 is 29.2 Å². The minimum atomic E-state index is -0.505. The van der Waals surface area contributed by atoms with E-state index >= 15 is 0 Å². The molecule has 0 radical (unpaired) electrons. The third-order valence-corrected chi connectivity index (χ3v) is 3.72. The van der Waals surface area contributed by atoms with Crippen LogP contribution in [0.15, 0.2) is 60.8 Å². The molecule has 0 atom stereocenters. The number of nitrogens with zero attached hydrogens (tertiary/aromatic N) is 3. The van der Waals surface area contributed by atoms with Crippen LogP contribution in [0, 0.1) is 11.3 Å². The van der Waals surface area contributed by atoms with Gasteiger partial charge in [0.25, 0.3) is 5.91 Å². The lowest BCUT2D eigenvalue weighted by Gasteiger charge is -2.10. The van der Waals surface area contributed by atoms with Gasteiger partial charge in [-0.05, 0) is 36.4 Å². The summed E-state index contributed by atoms with van der Waals surface area (Å²) in [4.78, 5) is 32.6. The highest BCUT2D eigenvalue weighted by Gasteiger charge is 2.14. The Morgan fingerprint density at radius 1 is 1.11 bits per heavy atom. The quantitative estimate of drug-likeness (QED) is 0.660. The molecule has 0 unspecified atom stereocenters. The second-order valence-corrected chi connectivity index (χ2v) is 5.57. The Kier molecular flexibility index (Phi) is 5.58. The van der Waals surface area contributed by atoms with Crippen LogP contribution in [0.4, 0.5) is 17.3 Å². The molecular formula is C20H15N5O3. The number of aromatic nitrogens is 2. The number of rotatable bonds is 5. The Morgan fingerprint density at radius 3 is 2.71 bits per heavy atom. The third kappa shape index (κ3) is 4.28. The molecule has 0 aliphatic rings. The summed E-state index contributed by atoms with van der Waals surface area (Å²) in [6.45, 7) is 0. The minimum absolute atomic E-state index is 0.121. The fourth-order valence-electron chi connectivity index (χ4n) is 2.41. The average Bonchev–Trinajstić information content (AvgIpc) is 2.74. The number of anilines is 3. The van der Waals surface area contributed by atoms with Crippen molar-refractivity contribution in [3.05, 3.63) is 77.6 Å². The van der Waals surface area contributed by atoms with Gasteiger partial charge < -0.3 is 15.4 Å². The van der Waals surface area contributed by atoms with Gasteiger partial charge in [-0.2, -0.15) is 5.26 Å². The van der Waals surface area contributed by atoms with Gasteiger partial charge in [0.2, 0.25) is 5.95 Å². The van der Waals surface area contributed by atoms with Crippen molar-refractivity contribution in [2.24, 2.45) is 0 Å². The van der Waals surface area contributed by atoms with Crippen LogP contribution < -0.4 is 10.6 Å². The summed E-state index contributed by atoms with van der Waals surface area (Å²) in [7, 11) is 1.29. The molecule has 8 heteroatoms. The number of para-hydroxylation sites is 1. The smallest absolute Gasteiger partial charge is 0.339 e. The standard InChI is InChI=1S/C20H15N5O3/c1-28-19(27)15-7-2-3-8-16(15)24-20-22-10-9-17(25-20)18(26)23-14-6-4-5-13(11-14)12-21/h2-11H,1H3,(H,23,26)(H,22,24,25). The number of nitrogens with one attached hydrogen (secondary N) is 2. The molecular weight excluding hydrogens is 358 g/mol. The second-order valence-electron chi connectivity index (χ2n) is 5.57. The van der Waals surface area contributed by atoms with Gasteiger partial charge in [-0.25, -0.2) is 14.8 Å². The van der Waals surface area contributed by atoms with Crippen LogP contribution in [0.1, 0.15) is 26.4 Å². The van der Waals surface area contributed by atoms with E-state index in [1.807, 2.05) is 6.07 Å². The highest BCUT2D eigenvalue weighted by Crippen LogP contribution is 2.19. The molecule has 0 fully saturated rings. The van der Waals surface area contributed by atoms with Crippen molar-refractivity contribution in [1.82, 2.24) is 9.97 Å². The molecule has 8 nitrogen and oxygen atoms in total. The summed E-state index contributed by atoms with van der Waals surface area (Å²) in [5.41, 5.74) is 1.80.